The van der Waals surface area contributed by atoms with Crippen LogP contribution in [0, 0.1) is 19.8 Å². The van der Waals surface area contributed by atoms with Gasteiger partial charge in [-0.1, -0.05) is 31.5 Å². The summed E-state index contributed by atoms with van der Waals surface area (Å²) < 4.78 is 0. The number of rotatable bonds is 7. The average Bonchev–Trinajstić information content (AvgIpc) is 2.40. The predicted molar refractivity (Wildman–Crippen MR) is 91.0 cm³/mol. The number of hydrogen-bond donors (Lipinski definition) is 1. The van der Waals surface area contributed by atoms with Gasteiger partial charge in [0.2, 0.25) is 11.8 Å². The van der Waals surface area contributed by atoms with Crippen LogP contribution in [-0.4, -0.2) is 24.9 Å². The normalized spacial score (nSPS) is 10.6. The Morgan fingerprint density at radius 3 is 2.45 bits per heavy atom. The summed E-state index contributed by atoms with van der Waals surface area (Å²) in [5.41, 5.74) is 3.10. The molecule has 1 N–H and O–H groups in total. The molecule has 0 aliphatic carbocycles. The zero-order valence-corrected chi connectivity index (χ0v) is 14.4. The summed E-state index contributed by atoms with van der Waals surface area (Å²) in [4.78, 5) is 25.4. The van der Waals surface area contributed by atoms with Gasteiger partial charge in [0, 0.05) is 32.1 Å². The summed E-state index contributed by atoms with van der Waals surface area (Å²) in [7, 11) is 0. The Morgan fingerprint density at radius 1 is 1.23 bits per heavy atom. The summed E-state index contributed by atoms with van der Waals surface area (Å²) in [6.07, 6.45) is 1.30. The van der Waals surface area contributed by atoms with Gasteiger partial charge in [0.05, 0.1) is 0 Å². The van der Waals surface area contributed by atoms with Crippen molar-refractivity contribution >= 4 is 17.5 Å². The molecule has 0 atom stereocenters. The Morgan fingerprint density at radius 2 is 1.91 bits per heavy atom. The number of amides is 2. The van der Waals surface area contributed by atoms with E-state index in [9.17, 15) is 9.59 Å². The van der Waals surface area contributed by atoms with Crippen LogP contribution in [0.1, 0.15) is 44.7 Å². The van der Waals surface area contributed by atoms with Gasteiger partial charge in [-0.05, 0) is 37.8 Å². The molecule has 4 nitrogen and oxygen atoms in total. The molecule has 0 saturated heterocycles. The summed E-state index contributed by atoms with van der Waals surface area (Å²) in [6, 6.07) is 5.98. The number of carbonyl (C=O) groups is 2. The van der Waals surface area contributed by atoms with Crippen LogP contribution in [0.2, 0.25) is 0 Å². The molecule has 2 amide bonds. The van der Waals surface area contributed by atoms with Crippen molar-refractivity contribution in [3.05, 3.63) is 29.3 Å². The van der Waals surface area contributed by atoms with Crippen molar-refractivity contribution < 1.29 is 9.59 Å². The molecule has 0 bridgehead atoms. The maximum Gasteiger partial charge on any atom is 0.223 e. The van der Waals surface area contributed by atoms with Gasteiger partial charge in [-0.2, -0.15) is 0 Å². The lowest BCUT2D eigenvalue weighted by atomic mass is 10.1. The molecule has 0 radical (unpaired) electrons. The van der Waals surface area contributed by atoms with E-state index in [2.05, 4.69) is 19.2 Å². The number of nitrogens with zero attached hydrogens (tertiary/aromatic N) is 1. The molecule has 1 rings (SSSR count). The van der Waals surface area contributed by atoms with Crippen molar-refractivity contribution in [2.24, 2.45) is 5.92 Å². The highest BCUT2D eigenvalue weighted by Crippen LogP contribution is 2.21. The van der Waals surface area contributed by atoms with Gasteiger partial charge < -0.3 is 10.2 Å². The molecule has 0 aromatic heterocycles. The molecular weight excluding hydrogens is 276 g/mol. The molecule has 0 heterocycles. The van der Waals surface area contributed by atoms with Crippen LogP contribution < -0.4 is 10.2 Å². The van der Waals surface area contributed by atoms with Crippen LogP contribution in [0.25, 0.3) is 0 Å². The quantitative estimate of drug-likeness (QED) is 0.841. The molecule has 0 spiro atoms. The first-order valence-electron chi connectivity index (χ1n) is 7.93. The SMILES string of the molecule is CC(=O)N(CCC(=O)NCCC(C)C)c1ccc(C)cc1C. The second kappa shape index (κ2) is 8.57. The number of anilines is 1. The van der Waals surface area contributed by atoms with Crippen LogP contribution in [-0.2, 0) is 9.59 Å². The minimum atomic E-state index is -0.0399. The molecule has 0 fully saturated rings. The summed E-state index contributed by atoms with van der Waals surface area (Å²) >= 11 is 0. The standard InChI is InChI=1S/C18H28N2O2/c1-13(2)8-10-19-18(22)9-11-20(16(5)21)17-7-6-14(3)12-15(17)4/h6-7,12-13H,8-11H2,1-5H3,(H,19,22). The number of benzene rings is 1. The van der Waals surface area contributed by atoms with E-state index >= 15 is 0 Å². The fourth-order valence-electron chi connectivity index (χ4n) is 2.36. The van der Waals surface area contributed by atoms with Crippen LogP contribution in [0.3, 0.4) is 0 Å². The fourth-order valence-corrected chi connectivity index (χ4v) is 2.36. The van der Waals surface area contributed by atoms with Gasteiger partial charge >= 0.3 is 0 Å². The average molecular weight is 304 g/mol. The number of carbonyl (C=O) groups excluding carboxylic acids is 2. The van der Waals surface area contributed by atoms with Gasteiger partial charge in [-0.25, -0.2) is 0 Å². The van der Waals surface area contributed by atoms with E-state index in [-0.39, 0.29) is 11.8 Å². The van der Waals surface area contributed by atoms with Crippen LogP contribution in [0.5, 0.6) is 0 Å². The van der Waals surface area contributed by atoms with Crippen LogP contribution in [0.4, 0.5) is 5.69 Å². The van der Waals surface area contributed by atoms with Crippen LogP contribution >= 0.6 is 0 Å². The maximum atomic E-state index is 11.9. The van der Waals surface area contributed by atoms with E-state index in [4.69, 9.17) is 0 Å². The third kappa shape index (κ3) is 5.88. The van der Waals surface area contributed by atoms with E-state index in [1.807, 2.05) is 32.0 Å². The van der Waals surface area contributed by atoms with Crippen molar-refractivity contribution in [1.82, 2.24) is 5.32 Å². The zero-order valence-electron chi connectivity index (χ0n) is 14.4. The van der Waals surface area contributed by atoms with E-state index in [0.717, 1.165) is 23.2 Å². The van der Waals surface area contributed by atoms with Crippen LogP contribution in [0.15, 0.2) is 18.2 Å². The molecule has 0 saturated carbocycles. The topological polar surface area (TPSA) is 49.4 Å². The van der Waals surface area contributed by atoms with E-state index in [1.54, 1.807) is 4.90 Å². The maximum absolute atomic E-state index is 11.9. The molecule has 1 aromatic rings. The molecular formula is C18H28N2O2. The van der Waals surface area contributed by atoms with Crippen molar-refractivity contribution in [3.8, 4) is 0 Å². The third-order valence-electron chi connectivity index (χ3n) is 3.63. The first kappa shape index (κ1) is 18.2. The zero-order chi connectivity index (χ0) is 16.7. The molecule has 4 heteroatoms. The van der Waals surface area contributed by atoms with Gasteiger partial charge in [-0.15, -0.1) is 0 Å². The van der Waals surface area contributed by atoms with E-state index < -0.39 is 0 Å². The number of nitrogens with one attached hydrogen (secondary N) is 1. The molecule has 22 heavy (non-hydrogen) atoms. The lowest BCUT2D eigenvalue weighted by Crippen LogP contribution is -2.34. The summed E-state index contributed by atoms with van der Waals surface area (Å²) in [6.45, 7) is 10.9. The Balaban J connectivity index is 2.62. The summed E-state index contributed by atoms with van der Waals surface area (Å²) in [5, 5.41) is 2.91. The van der Waals surface area contributed by atoms with E-state index in [1.165, 1.54) is 6.92 Å². The highest BCUT2D eigenvalue weighted by atomic mass is 16.2. The largest absolute Gasteiger partial charge is 0.356 e. The second-order valence-electron chi connectivity index (χ2n) is 6.24. The van der Waals surface area contributed by atoms with Gasteiger partial charge in [0.25, 0.3) is 0 Å². The lowest BCUT2D eigenvalue weighted by molar-refractivity contribution is -0.121. The molecule has 0 aliphatic rings. The van der Waals surface area contributed by atoms with Crippen molar-refractivity contribution in [2.75, 3.05) is 18.0 Å². The minimum Gasteiger partial charge on any atom is -0.356 e. The Bertz CT molecular complexity index is 524. The van der Waals surface area contributed by atoms with Crippen molar-refractivity contribution in [3.63, 3.8) is 0 Å². The highest BCUT2D eigenvalue weighted by molar-refractivity contribution is 5.93. The Hall–Kier alpha value is -1.84. The second-order valence-corrected chi connectivity index (χ2v) is 6.24. The Labute approximate surface area is 133 Å². The van der Waals surface area contributed by atoms with Gasteiger partial charge in [0.1, 0.15) is 0 Å². The third-order valence-corrected chi connectivity index (χ3v) is 3.63. The molecule has 1 aromatic carbocycles. The smallest absolute Gasteiger partial charge is 0.223 e. The highest BCUT2D eigenvalue weighted by Gasteiger charge is 2.15. The first-order chi connectivity index (χ1) is 10.3. The monoisotopic (exact) mass is 304 g/mol. The Kier molecular flexibility index (Phi) is 7.09. The number of aryl methyl sites for hydroxylation is 2. The summed E-state index contributed by atoms with van der Waals surface area (Å²) in [5.74, 6) is 0.530. The minimum absolute atomic E-state index is 0.00309. The molecule has 0 aliphatic heterocycles. The number of hydrogen-bond acceptors (Lipinski definition) is 2. The predicted octanol–water partition coefficient (Wildman–Crippen LogP) is 3.21. The van der Waals surface area contributed by atoms with Crippen molar-refractivity contribution in [1.29, 1.82) is 0 Å². The van der Waals surface area contributed by atoms with E-state index in [0.29, 0.717) is 25.4 Å². The van der Waals surface area contributed by atoms with Gasteiger partial charge in [-0.3, -0.25) is 9.59 Å². The lowest BCUT2D eigenvalue weighted by Gasteiger charge is -2.23. The molecule has 0 unspecified atom stereocenters. The first-order valence-corrected chi connectivity index (χ1v) is 7.93. The van der Waals surface area contributed by atoms with Crippen molar-refractivity contribution in [2.45, 2.75) is 47.5 Å². The van der Waals surface area contributed by atoms with Gasteiger partial charge in [0.15, 0.2) is 0 Å². The molecule has 122 valence electrons. The fraction of sp³-hybridized carbons (Fsp3) is 0.556.